The van der Waals surface area contributed by atoms with Gasteiger partial charge in [0.2, 0.25) is 17.7 Å². The minimum Gasteiger partial charge on any atom is -0.391 e. The number of rotatable bonds is 21. The van der Waals surface area contributed by atoms with E-state index in [1.54, 1.807) is 34.1 Å². The topological polar surface area (TPSA) is 185 Å². The number of likely N-dealkylation sites (tertiary alicyclic amines) is 2. The molecule has 4 aromatic rings. The van der Waals surface area contributed by atoms with E-state index in [-0.39, 0.29) is 36.1 Å². The molecule has 2 saturated heterocycles. The zero-order valence-electron chi connectivity index (χ0n) is 40.1. The number of carbonyl (C=O) groups is 3. The van der Waals surface area contributed by atoms with Gasteiger partial charge in [0, 0.05) is 55.2 Å². The van der Waals surface area contributed by atoms with Crippen LogP contribution in [0.25, 0.3) is 21.3 Å². The molecule has 68 heavy (non-hydrogen) atoms. The number of fused-ring (bicyclic) bond motifs is 1. The first-order valence-corrected chi connectivity index (χ1v) is 26.3. The van der Waals surface area contributed by atoms with Crippen LogP contribution in [0.2, 0.25) is 0 Å². The van der Waals surface area contributed by atoms with Crippen LogP contribution in [-0.4, -0.2) is 110 Å². The number of unbranched alkanes of at least 4 members (excludes halogenated alkanes) is 3. The Bertz CT molecular complexity index is 2420. The van der Waals surface area contributed by atoms with Crippen LogP contribution in [0.1, 0.15) is 115 Å². The summed E-state index contributed by atoms with van der Waals surface area (Å²) in [5, 5.41) is 23.9. The lowest BCUT2D eigenvalue weighted by Crippen LogP contribution is -2.56. The van der Waals surface area contributed by atoms with Gasteiger partial charge >= 0.3 is 0 Å². The normalized spacial score (nSPS) is 18.8. The summed E-state index contributed by atoms with van der Waals surface area (Å²) < 4.78 is 14.9. The number of nitrogens with one attached hydrogen (secondary N) is 5. The molecule has 0 spiro atoms. The van der Waals surface area contributed by atoms with Crippen molar-refractivity contribution in [1.29, 1.82) is 0 Å². The largest absolute Gasteiger partial charge is 0.391 e. The Kier molecular flexibility index (Phi) is 17.7. The summed E-state index contributed by atoms with van der Waals surface area (Å²) in [6.45, 7) is 15.3. The average molecular weight is 972 g/mol. The molecule has 3 fully saturated rings. The molecule has 0 radical (unpaired) electrons. The highest BCUT2D eigenvalue weighted by atomic mass is 32.2. The van der Waals surface area contributed by atoms with Crippen LogP contribution in [0.3, 0.4) is 0 Å². The summed E-state index contributed by atoms with van der Waals surface area (Å²) in [7, 11) is 0. The molecule has 1 saturated carbocycles. The zero-order chi connectivity index (χ0) is 48.4. The van der Waals surface area contributed by atoms with Crippen molar-refractivity contribution in [2.45, 2.75) is 147 Å². The lowest BCUT2D eigenvalue weighted by molar-refractivity contribution is -0.140. The molecule has 3 aliphatic rings. The first kappa shape index (κ1) is 51.0. The second kappa shape index (κ2) is 23.6. The molecule has 368 valence electrons. The van der Waals surface area contributed by atoms with E-state index in [1.165, 1.54) is 6.07 Å². The highest BCUT2D eigenvalue weighted by Gasteiger charge is 2.43. The number of H-pyrrole nitrogens is 1. The molecule has 4 heterocycles. The second-order valence-electron chi connectivity index (χ2n) is 19.9. The number of piperidine rings is 1. The fourth-order valence-electron chi connectivity index (χ4n) is 9.53. The molecule has 17 heteroatoms. The number of thioether (sulfide) groups is 1. The summed E-state index contributed by atoms with van der Waals surface area (Å²) in [5.74, 6) is 0.0883. The van der Waals surface area contributed by atoms with E-state index >= 15 is 0 Å². The molecule has 3 atom stereocenters. The lowest BCUT2D eigenvalue weighted by atomic mass is 9.85. The number of anilines is 1. The summed E-state index contributed by atoms with van der Waals surface area (Å²) in [6.07, 6.45) is 9.40. The zero-order valence-corrected chi connectivity index (χ0v) is 41.8. The molecule has 2 aliphatic heterocycles. The molecule has 1 aliphatic carbocycles. The van der Waals surface area contributed by atoms with Crippen LogP contribution >= 0.6 is 23.1 Å². The number of amides is 3. The predicted octanol–water partition coefficient (Wildman–Crippen LogP) is 7.41. The van der Waals surface area contributed by atoms with E-state index in [4.69, 9.17) is 0 Å². The summed E-state index contributed by atoms with van der Waals surface area (Å²) in [5.41, 5.74) is 5.70. The quantitative estimate of drug-likeness (QED) is 0.0457. The average Bonchev–Trinajstić information content (AvgIpc) is 4.08. The number of aromatic nitrogens is 3. The van der Waals surface area contributed by atoms with Crippen molar-refractivity contribution < 1.29 is 23.9 Å². The standard InChI is InChI=1S/C51H70FN9O5S2/c1-32(54-27-34-15-17-35(18-16-34)47-33(2)55-31-68-47)42-26-38(62)28-61(42)50(66)48(51(3,4)5)59-44(63)14-8-6-7-11-21-53-45(64)29-60-22-19-39(20-23-60)67-30-43-57-41-25-37(56-36-12-9-10-13-36)24-40(52)46(41)49(65)58-43/h15-18,24-25,31,36,38-39,42,48,54,56,62H,1,6-14,19-23,26-30H2,2-5H3,(H,53,64)(H,59,63)(H,57,58,65)/t38-,42+,48-/m1/s1. The van der Waals surface area contributed by atoms with Crippen molar-refractivity contribution in [2.24, 2.45) is 5.41 Å². The Morgan fingerprint density at radius 3 is 2.46 bits per heavy atom. The third-order valence-electron chi connectivity index (χ3n) is 13.4. The van der Waals surface area contributed by atoms with Gasteiger partial charge in [-0.15, -0.1) is 11.3 Å². The van der Waals surface area contributed by atoms with Gasteiger partial charge in [-0.05, 0) is 87.2 Å². The molecule has 0 bridgehead atoms. The van der Waals surface area contributed by atoms with E-state index in [1.807, 2.05) is 33.2 Å². The number of aromatic amines is 1. The Morgan fingerprint density at radius 1 is 1.01 bits per heavy atom. The Hall–Kier alpha value is -4.84. The maximum absolute atomic E-state index is 14.9. The fraction of sp³-hybridized carbons (Fsp3) is 0.569. The number of aliphatic hydroxyl groups excluding tert-OH is 1. The van der Waals surface area contributed by atoms with Crippen molar-refractivity contribution in [3.05, 3.63) is 87.4 Å². The van der Waals surface area contributed by atoms with E-state index in [9.17, 15) is 28.7 Å². The predicted molar refractivity (Wildman–Crippen MR) is 271 cm³/mol. The monoisotopic (exact) mass is 971 g/mol. The molecule has 2 aromatic heterocycles. The number of carbonyl (C=O) groups excluding carboxylic acids is 3. The Morgan fingerprint density at radius 2 is 1.75 bits per heavy atom. The number of aryl methyl sites for hydroxylation is 1. The van der Waals surface area contributed by atoms with Gasteiger partial charge in [0.05, 0.1) is 46.0 Å². The van der Waals surface area contributed by atoms with Gasteiger partial charge in [0.15, 0.2) is 0 Å². The number of aliphatic hydroxyl groups is 1. The second-order valence-corrected chi connectivity index (χ2v) is 22.0. The molecular weight excluding hydrogens is 902 g/mol. The minimum atomic E-state index is -0.775. The van der Waals surface area contributed by atoms with Gasteiger partial charge in [0.25, 0.3) is 5.56 Å². The Labute approximate surface area is 408 Å². The number of benzene rings is 2. The number of β-amino-alcohol motifs (C(OH)–C–C–N with tert-alkyl or cyclic N) is 1. The Balaban J connectivity index is 0.762. The number of nitrogens with zero attached hydrogens (tertiary/aromatic N) is 4. The molecule has 14 nitrogen and oxygen atoms in total. The number of halogens is 1. The maximum Gasteiger partial charge on any atom is 0.261 e. The molecule has 0 unspecified atom stereocenters. The molecule has 3 amide bonds. The van der Waals surface area contributed by atoms with Crippen LogP contribution in [0.4, 0.5) is 10.1 Å². The van der Waals surface area contributed by atoms with Gasteiger partial charge in [-0.25, -0.2) is 14.4 Å². The van der Waals surface area contributed by atoms with E-state index in [0.29, 0.717) is 72.2 Å². The van der Waals surface area contributed by atoms with Gasteiger partial charge in [-0.3, -0.25) is 24.1 Å². The lowest BCUT2D eigenvalue weighted by Gasteiger charge is -2.36. The highest BCUT2D eigenvalue weighted by molar-refractivity contribution is 7.99. The third kappa shape index (κ3) is 13.9. The fourth-order valence-corrected chi connectivity index (χ4v) is 11.4. The van der Waals surface area contributed by atoms with Crippen LogP contribution in [0, 0.1) is 18.2 Å². The molecule has 6 N–H and O–H groups in total. The first-order chi connectivity index (χ1) is 32.6. The van der Waals surface area contributed by atoms with Crippen LogP contribution < -0.4 is 26.8 Å². The van der Waals surface area contributed by atoms with Crippen molar-refractivity contribution >= 4 is 57.4 Å². The summed E-state index contributed by atoms with van der Waals surface area (Å²) in [6, 6.07) is 10.6. The van der Waals surface area contributed by atoms with Gasteiger partial charge in [-0.1, -0.05) is 77.3 Å². The van der Waals surface area contributed by atoms with Crippen molar-refractivity contribution in [2.75, 3.05) is 38.0 Å². The molecule has 7 rings (SSSR count). The van der Waals surface area contributed by atoms with Crippen LogP contribution in [0.15, 0.2) is 59.0 Å². The van der Waals surface area contributed by atoms with Gasteiger partial charge in [0.1, 0.15) is 23.1 Å². The maximum atomic E-state index is 14.9. The van der Waals surface area contributed by atoms with Crippen molar-refractivity contribution in [3.8, 4) is 10.4 Å². The summed E-state index contributed by atoms with van der Waals surface area (Å²) >= 11 is 3.35. The van der Waals surface area contributed by atoms with Crippen molar-refractivity contribution in [1.82, 2.24) is 40.7 Å². The van der Waals surface area contributed by atoms with Gasteiger partial charge in [-0.2, -0.15) is 11.8 Å². The summed E-state index contributed by atoms with van der Waals surface area (Å²) in [4.78, 5) is 69.7. The number of hydrogen-bond donors (Lipinski definition) is 6. The molecule has 2 aromatic carbocycles. The van der Waals surface area contributed by atoms with E-state index < -0.39 is 35.0 Å². The van der Waals surface area contributed by atoms with Crippen LogP contribution in [-0.2, 0) is 26.7 Å². The van der Waals surface area contributed by atoms with Crippen LogP contribution in [0.5, 0.6) is 0 Å². The number of hydrogen-bond acceptors (Lipinski definition) is 12. The molecular formula is C51H70FN9O5S2. The van der Waals surface area contributed by atoms with Gasteiger partial charge < -0.3 is 36.3 Å². The van der Waals surface area contributed by atoms with E-state index in [2.05, 4.69) is 72.0 Å². The van der Waals surface area contributed by atoms with E-state index in [0.717, 1.165) is 92.6 Å². The highest BCUT2D eigenvalue weighted by Crippen LogP contribution is 2.31. The number of thiazole rings is 1. The first-order valence-electron chi connectivity index (χ1n) is 24.4. The minimum absolute atomic E-state index is 0.000341. The smallest absolute Gasteiger partial charge is 0.261 e. The third-order valence-corrected chi connectivity index (χ3v) is 15.8. The van der Waals surface area contributed by atoms with Crippen molar-refractivity contribution in [3.63, 3.8) is 0 Å². The SMILES string of the molecule is C=C(NCc1ccc(-c2scnc2C)cc1)[C@@H]1C[C@@H](O)CN1C(=O)[C@@H](NC(=O)CCCCCCNC(=O)CN1CCC(SCc2nc3cc(NC4CCCC4)cc(F)c3c(=O)[nH]2)CC1)C(C)(C)C.